The van der Waals surface area contributed by atoms with Gasteiger partial charge < -0.3 is 20.0 Å². The van der Waals surface area contributed by atoms with Crippen LogP contribution in [0.15, 0.2) is 22.8 Å². The van der Waals surface area contributed by atoms with E-state index in [2.05, 4.69) is 10.6 Å². The first-order chi connectivity index (χ1) is 9.27. The van der Waals surface area contributed by atoms with Gasteiger partial charge in [-0.25, -0.2) is 0 Å². The van der Waals surface area contributed by atoms with E-state index in [1.165, 1.54) is 6.26 Å². The normalized spacial score (nSPS) is 15.3. The molecule has 0 aliphatic carbocycles. The van der Waals surface area contributed by atoms with E-state index in [1.807, 2.05) is 4.90 Å². The Labute approximate surface area is 112 Å². The van der Waals surface area contributed by atoms with Crippen molar-refractivity contribution in [1.29, 1.82) is 0 Å². The van der Waals surface area contributed by atoms with E-state index >= 15 is 0 Å². The first-order valence-electron chi connectivity index (χ1n) is 6.57. The average Bonchev–Trinajstić information content (AvgIpc) is 2.98. The SMILES string of the molecule is O=C(NCCCC(=O)N1CCNCC1)c1ccco1. The van der Waals surface area contributed by atoms with Crippen LogP contribution in [0.4, 0.5) is 0 Å². The van der Waals surface area contributed by atoms with Gasteiger partial charge in [0.1, 0.15) is 0 Å². The van der Waals surface area contributed by atoms with Gasteiger partial charge in [-0.15, -0.1) is 0 Å². The monoisotopic (exact) mass is 265 g/mol. The van der Waals surface area contributed by atoms with E-state index in [0.717, 1.165) is 26.2 Å². The number of hydrogen-bond donors (Lipinski definition) is 2. The van der Waals surface area contributed by atoms with Gasteiger partial charge in [-0.3, -0.25) is 9.59 Å². The molecule has 1 aromatic rings. The quantitative estimate of drug-likeness (QED) is 0.747. The van der Waals surface area contributed by atoms with Crippen molar-refractivity contribution in [2.45, 2.75) is 12.8 Å². The minimum atomic E-state index is -0.236. The summed E-state index contributed by atoms with van der Waals surface area (Å²) < 4.78 is 4.97. The summed E-state index contributed by atoms with van der Waals surface area (Å²) in [6.07, 6.45) is 2.58. The molecule has 6 nitrogen and oxygen atoms in total. The lowest BCUT2D eigenvalue weighted by Crippen LogP contribution is -2.46. The third kappa shape index (κ3) is 4.10. The third-order valence-corrected chi connectivity index (χ3v) is 3.07. The van der Waals surface area contributed by atoms with Crippen LogP contribution in [0.1, 0.15) is 23.4 Å². The maximum absolute atomic E-state index is 11.8. The van der Waals surface area contributed by atoms with Gasteiger partial charge in [-0.05, 0) is 18.6 Å². The van der Waals surface area contributed by atoms with Gasteiger partial charge in [-0.2, -0.15) is 0 Å². The predicted molar refractivity (Wildman–Crippen MR) is 69.7 cm³/mol. The number of carbonyl (C=O) groups excluding carboxylic acids is 2. The van der Waals surface area contributed by atoms with Crippen molar-refractivity contribution in [2.75, 3.05) is 32.7 Å². The Hall–Kier alpha value is -1.82. The molecular formula is C13H19N3O3. The second kappa shape index (κ2) is 6.94. The predicted octanol–water partition coefficient (Wildman–Crippen LogP) is 0.221. The largest absolute Gasteiger partial charge is 0.459 e. The van der Waals surface area contributed by atoms with Crippen molar-refractivity contribution in [1.82, 2.24) is 15.5 Å². The lowest BCUT2D eigenvalue weighted by Gasteiger charge is -2.27. The molecule has 2 heterocycles. The molecule has 1 aliphatic heterocycles. The van der Waals surface area contributed by atoms with Crippen molar-refractivity contribution < 1.29 is 14.0 Å². The summed E-state index contributed by atoms with van der Waals surface area (Å²) in [6, 6.07) is 3.28. The molecule has 2 rings (SSSR count). The van der Waals surface area contributed by atoms with Crippen LogP contribution >= 0.6 is 0 Å². The molecule has 2 amide bonds. The van der Waals surface area contributed by atoms with Crippen LogP contribution in [0.5, 0.6) is 0 Å². The number of carbonyl (C=O) groups is 2. The molecule has 2 N–H and O–H groups in total. The topological polar surface area (TPSA) is 74.6 Å². The van der Waals surface area contributed by atoms with Gasteiger partial charge in [0.2, 0.25) is 5.91 Å². The standard InChI is InChI=1S/C13H19N3O3/c17-12(16-8-6-14-7-9-16)4-1-5-15-13(18)11-3-2-10-19-11/h2-3,10,14H,1,4-9H2,(H,15,18). The number of furan rings is 1. The minimum absolute atomic E-state index is 0.161. The van der Waals surface area contributed by atoms with Gasteiger partial charge in [0.05, 0.1) is 6.26 Å². The van der Waals surface area contributed by atoms with Crippen LogP contribution in [0.25, 0.3) is 0 Å². The van der Waals surface area contributed by atoms with Gasteiger partial charge >= 0.3 is 0 Å². The van der Waals surface area contributed by atoms with E-state index in [0.29, 0.717) is 25.1 Å². The summed E-state index contributed by atoms with van der Waals surface area (Å²) in [6.45, 7) is 3.76. The molecule has 0 atom stereocenters. The fourth-order valence-corrected chi connectivity index (χ4v) is 2.01. The van der Waals surface area contributed by atoms with E-state index in [9.17, 15) is 9.59 Å². The molecule has 1 aliphatic rings. The Kier molecular flexibility index (Phi) is 4.97. The van der Waals surface area contributed by atoms with Crippen molar-refractivity contribution in [3.63, 3.8) is 0 Å². The molecule has 19 heavy (non-hydrogen) atoms. The zero-order valence-corrected chi connectivity index (χ0v) is 10.9. The summed E-state index contributed by atoms with van der Waals surface area (Å²) in [5.74, 6) is 0.224. The molecule has 1 saturated heterocycles. The first-order valence-corrected chi connectivity index (χ1v) is 6.57. The van der Waals surface area contributed by atoms with Crippen molar-refractivity contribution in [3.05, 3.63) is 24.2 Å². The minimum Gasteiger partial charge on any atom is -0.459 e. The highest BCUT2D eigenvalue weighted by Gasteiger charge is 2.15. The Balaban J connectivity index is 1.61. The van der Waals surface area contributed by atoms with E-state index in [1.54, 1.807) is 12.1 Å². The molecular weight excluding hydrogens is 246 g/mol. The highest BCUT2D eigenvalue weighted by Crippen LogP contribution is 2.01. The Morgan fingerprint density at radius 3 is 2.84 bits per heavy atom. The highest BCUT2D eigenvalue weighted by molar-refractivity contribution is 5.91. The van der Waals surface area contributed by atoms with Gasteiger partial charge in [0.15, 0.2) is 5.76 Å². The summed E-state index contributed by atoms with van der Waals surface area (Å²) in [5, 5.41) is 5.93. The Morgan fingerprint density at radius 2 is 2.16 bits per heavy atom. The fourth-order valence-electron chi connectivity index (χ4n) is 2.01. The first kappa shape index (κ1) is 13.6. The molecule has 0 bridgehead atoms. The summed E-state index contributed by atoms with van der Waals surface area (Å²) in [5.41, 5.74) is 0. The van der Waals surface area contributed by atoms with Crippen LogP contribution in [0.2, 0.25) is 0 Å². The number of amides is 2. The zero-order valence-electron chi connectivity index (χ0n) is 10.9. The van der Waals surface area contributed by atoms with Crippen LogP contribution < -0.4 is 10.6 Å². The zero-order chi connectivity index (χ0) is 13.5. The van der Waals surface area contributed by atoms with Crippen LogP contribution in [-0.4, -0.2) is 49.4 Å². The maximum Gasteiger partial charge on any atom is 0.286 e. The summed E-state index contributed by atoms with van der Waals surface area (Å²) in [4.78, 5) is 25.2. The number of piperazine rings is 1. The molecule has 0 spiro atoms. The van der Waals surface area contributed by atoms with Crippen molar-refractivity contribution in [3.8, 4) is 0 Å². The second-order valence-corrected chi connectivity index (χ2v) is 4.47. The lowest BCUT2D eigenvalue weighted by atomic mass is 10.2. The average molecular weight is 265 g/mol. The molecule has 0 saturated carbocycles. The molecule has 0 unspecified atom stereocenters. The van der Waals surface area contributed by atoms with Crippen LogP contribution in [0, 0.1) is 0 Å². The lowest BCUT2D eigenvalue weighted by molar-refractivity contribution is -0.131. The van der Waals surface area contributed by atoms with E-state index < -0.39 is 0 Å². The smallest absolute Gasteiger partial charge is 0.286 e. The van der Waals surface area contributed by atoms with Crippen molar-refractivity contribution in [2.24, 2.45) is 0 Å². The molecule has 1 aromatic heterocycles. The van der Waals surface area contributed by atoms with Crippen molar-refractivity contribution >= 4 is 11.8 Å². The summed E-state index contributed by atoms with van der Waals surface area (Å²) >= 11 is 0. The number of hydrogen-bond acceptors (Lipinski definition) is 4. The number of nitrogens with zero attached hydrogens (tertiary/aromatic N) is 1. The molecule has 0 aromatic carbocycles. The van der Waals surface area contributed by atoms with E-state index in [4.69, 9.17) is 4.42 Å². The van der Waals surface area contributed by atoms with Gasteiger partial charge in [0, 0.05) is 39.1 Å². The highest BCUT2D eigenvalue weighted by atomic mass is 16.3. The molecule has 1 fully saturated rings. The molecule has 0 radical (unpaired) electrons. The molecule has 104 valence electrons. The Morgan fingerprint density at radius 1 is 1.37 bits per heavy atom. The second-order valence-electron chi connectivity index (χ2n) is 4.47. The van der Waals surface area contributed by atoms with Gasteiger partial charge in [0.25, 0.3) is 5.91 Å². The number of nitrogens with one attached hydrogen (secondary N) is 2. The fraction of sp³-hybridized carbons (Fsp3) is 0.538. The molecule has 6 heteroatoms. The summed E-state index contributed by atoms with van der Waals surface area (Å²) in [7, 11) is 0. The Bertz CT molecular complexity index is 411. The van der Waals surface area contributed by atoms with Gasteiger partial charge in [-0.1, -0.05) is 0 Å². The third-order valence-electron chi connectivity index (χ3n) is 3.07. The van der Waals surface area contributed by atoms with Crippen LogP contribution in [-0.2, 0) is 4.79 Å². The maximum atomic E-state index is 11.8. The number of rotatable bonds is 5. The van der Waals surface area contributed by atoms with E-state index in [-0.39, 0.29) is 11.8 Å². The van der Waals surface area contributed by atoms with Crippen LogP contribution in [0.3, 0.4) is 0 Å².